The van der Waals surface area contributed by atoms with Crippen LogP contribution < -0.4 is 10.6 Å². The van der Waals surface area contributed by atoms with Gasteiger partial charge in [-0.1, -0.05) is 25.7 Å². The smallest absolute Gasteiger partial charge is 0.237 e. The van der Waals surface area contributed by atoms with Crippen LogP contribution in [0.3, 0.4) is 0 Å². The average molecular weight is 224 g/mol. The van der Waals surface area contributed by atoms with Crippen LogP contribution in [0.2, 0.25) is 0 Å². The second kappa shape index (κ2) is 6.24. The van der Waals surface area contributed by atoms with E-state index in [9.17, 15) is 4.79 Å². The van der Waals surface area contributed by atoms with Crippen LogP contribution in [0, 0.1) is 5.92 Å². The summed E-state index contributed by atoms with van der Waals surface area (Å²) in [5.74, 6) is 1.16. The van der Waals surface area contributed by atoms with Gasteiger partial charge in [0.1, 0.15) is 0 Å². The zero-order valence-corrected chi connectivity index (χ0v) is 10.1. The Hall–Kier alpha value is -0.570. The summed E-state index contributed by atoms with van der Waals surface area (Å²) in [4.78, 5) is 11.7. The Morgan fingerprint density at radius 1 is 1.19 bits per heavy atom. The number of carbonyl (C=O) groups excluding carboxylic acids is 1. The first kappa shape index (κ1) is 11.9. The predicted molar refractivity (Wildman–Crippen MR) is 65.2 cm³/mol. The molecule has 1 aliphatic carbocycles. The Morgan fingerprint density at radius 3 is 2.69 bits per heavy atom. The van der Waals surface area contributed by atoms with Gasteiger partial charge in [0.05, 0.1) is 6.04 Å². The first-order valence-corrected chi connectivity index (χ1v) is 6.87. The molecular weight excluding hydrogens is 200 g/mol. The Morgan fingerprint density at radius 2 is 2.00 bits per heavy atom. The first-order chi connectivity index (χ1) is 7.86. The second-order valence-corrected chi connectivity index (χ2v) is 5.23. The molecule has 2 N–H and O–H groups in total. The van der Waals surface area contributed by atoms with Crippen molar-refractivity contribution in [2.75, 3.05) is 13.1 Å². The summed E-state index contributed by atoms with van der Waals surface area (Å²) in [7, 11) is 0. The molecule has 3 nitrogen and oxygen atoms in total. The van der Waals surface area contributed by atoms with Crippen LogP contribution in [-0.4, -0.2) is 25.0 Å². The molecule has 2 aliphatic rings. The first-order valence-electron chi connectivity index (χ1n) is 6.87. The lowest BCUT2D eigenvalue weighted by atomic mass is 10.0. The molecule has 0 spiro atoms. The van der Waals surface area contributed by atoms with Crippen LogP contribution in [0.1, 0.15) is 51.4 Å². The quantitative estimate of drug-likeness (QED) is 0.699. The monoisotopic (exact) mass is 224 g/mol. The van der Waals surface area contributed by atoms with Crippen LogP contribution in [0.5, 0.6) is 0 Å². The van der Waals surface area contributed by atoms with Gasteiger partial charge in [-0.2, -0.15) is 0 Å². The predicted octanol–water partition coefficient (Wildman–Crippen LogP) is 1.82. The molecule has 0 radical (unpaired) electrons. The maximum absolute atomic E-state index is 11.7. The molecule has 2 rings (SSSR count). The van der Waals surface area contributed by atoms with E-state index in [1.54, 1.807) is 0 Å². The largest absolute Gasteiger partial charge is 0.355 e. The highest BCUT2D eigenvalue weighted by Crippen LogP contribution is 2.28. The van der Waals surface area contributed by atoms with Gasteiger partial charge in [0, 0.05) is 6.54 Å². The van der Waals surface area contributed by atoms with E-state index in [1.165, 1.54) is 32.1 Å². The van der Waals surface area contributed by atoms with Crippen molar-refractivity contribution >= 4 is 5.91 Å². The molecule has 16 heavy (non-hydrogen) atoms. The van der Waals surface area contributed by atoms with Crippen LogP contribution in [-0.2, 0) is 4.79 Å². The highest BCUT2D eigenvalue weighted by molar-refractivity contribution is 5.81. The number of carbonyl (C=O) groups is 1. The van der Waals surface area contributed by atoms with Gasteiger partial charge in [0.25, 0.3) is 0 Å². The fraction of sp³-hybridized carbons (Fsp3) is 0.923. The molecule has 2 fully saturated rings. The molecule has 1 atom stereocenters. The van der Waals surface area contributed by atoms with E-state index in [4.69, 9.17) is 0 Å². The van der Waals surface area contributed by atoms with Gasteiger partial charge in [0.2, 0.25) is 5.91 Å². The van der Waals surface area contributed by atoms with Crippen LogP contribution in [0.4, 0.5) is 0 Å². The molecule has 1 saturated heterocycles. The Bertz CT molecular complexity index is 218. The zero-order valence-electron chi connectivity index (χ0n) is 10.1. The fourth-order valence-corrected chi connectivity index (χ4v) is 2.93. The summed E-state index contributed by atoms with van der Waals surface area (Å²) in [6, 6.07) is 0.0893. The van der Waals surface area contributed by atoms with Gasteiger partial charge in [-0.05, 0) is 38.1 Å². The summed E-state index contributed by atoms with van der Waals surface area (Å²) in [6.45, 7) is 1.87. The summed E-state index contributed by atoms with van der Waals surface area (Å²) in [5, 5.41) is 6.27. The third-order valence-corrected chi connectivity index (χ3v) is 3.94. The van der Waals surface area contributed by atoms with Gasteiger partial charge < -0.3 is 10.6 Å². The van der Waals surface area contributed by atoms with Gasteiger partial charge >= 0.3 is 0 Å². The number of amides is 1. The van der Waals surface area contributed by atoms with E-state index in [-0.39, 0.29) is 11.9 Å². The SMILES string of the molecule is O=C(NCCCC1CCCC1)C1CCCN1. The van der Waals surface area contributed by atoms with Crippen molar-refractivity contribution in [3.8, 4) is 0 Å². The van der Waals surface area contributed by atoms with Crippen LogP contribution in [0.25, 0.3) is 0 Å². The maximum Gasteiger partial charge on any atom is 0.237 e. The van der Waals surface area contributed by atoms with E-state index in [0.717, 1.165) is 38.3 Å². The molecule has 3 heteroatoms. The van der Waals surface area contributed by atoms with Crippen molar-refractivity contribution in [2.24, 2.45) is 5.92 Å². The van der Waals surface area contributed by atoms with E-state index in [0.29, 0.717) is 0 Å². The summed E-state index contributed by atoms with van der Waals surface area (Å²) in [6.07, 6.45) is 10.3. The zero-order chi connectivity index (χ0) is 11.2. The summed E-state index contributed by atoms with van der Waals surface area (Å²) < 4.78 is 0. The van der Waals surface area contributed by atoms with E-state index in [1.807, 2.05) is 0 Å². The van der Waals surface area contributed by atoms with Crippen molar-refractivity contribution in [2.45, 2.75) is 57.4 Å². The normalized spacial score (nSPS) is 26.1. The molecule has 0 aromatic carbocycles. The lowest BCUT2D eigenvalue weighted by Gasteiger charge is -2.12. The average Bonchev–Trinajstić information content (AvgIpc) is 2.96. The summed E-state index contributed by atoms with van der Waals surface area (Å²) in [5.41, 5.74) is 0. The van der Waals surface area contributed by atoms with Gasteiger partial charge in [0.15, 0.2) is 0 Å². The van der Waals surface area contributed by atoms with Crippen LogP contribution in [0.15, 0.2) is 0 Å². The second-order valence-electron chi connectivity index (χ2n) is 5.23. The van der Waals surface area contributed by atoms with Gasteiger partial charge in [-0.25, -0.2) is 0 Å². The number of hydrogen-bond acceptors (Lipinski definition) is 2. The molecule has 0 aromatic heterocycles. The highest BCUT2D eigenvalue weighted by Gasteiger charge is 2.21. The molecule has 92 valence electrons. The van der Waals surface area contributed by atoms with E-state index >= 15 is 0 Å². The molecular formula is C13H24N2O. The van der Waals surface area contributed by atoms with Crippen molar-refractivity contribution in [1.29, 1.82) is 0 Å². The number of nitrogens with one attached hydrogen (secondary N) is 2. The minimum Gasteiger partial charge on any atom is -0.355 e. The minimum absolute atomic E-state index is 0.0893. The molecule has 1 heterocycles. The minimum atomic E-state index is 0.0893. The molecule has 0 bridgehead atoms. The maximum atomic E-state index is 11.7. The number of hydrogen-bond donors (Lipinski definition) is 2. The summed E-state index contributed by atoms with van der Waals surface area (Å²) >= 11 is 0. The third-order valence-electron chi connectivity index (χ3n) is 3.94. The van der Waals surface area contributed by atoms with Crippen molar-refractivity contribution in [3.05, 3.63) is 0 Å². The molecule has 1 saturated carbocycles. The lowest BCUT2D eigenvalue weighted by molar-refractivity contribution is -0.122. The van der Waals surface area contributed by atoms with Crippen molar-refractivity contribution in [3.63, 3.8) is 0 Å². The van der Waals surface area contributed by atoms with Crippen LogP contribution >= 0.6 is 0 Å². The molecule has 1 amide bonds. The number of rotatable bonds is 5. The van der Waals surface area contributed by atoms with Crippen molar-refractivity contribution in [1.82, 2.24) is 10.6 Å². The molecule has 0 aromatic rings. The molecule has 1 unspecified atom stereocenters. The van der Waals surface area contributed by atoms with Crippen molar-refractivity contribution < 1.29 is 4.79 Å². The fourth-order valence-electron chi connectivity index (χ4n) is 2.93. The topological polar surface area (TPSA) is 41.1 Å². The Labute approximate surface area is 98.4 Å². The van der Waals surface area contributed by atoms with Gasteiger partial charge in [-0.15, -0.1) is 0 Å². The van der Waals surface area contributed by atoms with Gasteiger partial charge in [-0.3, -0.25) is 4.79 Å². The van der Waals surface area contributed by atoms with E-state index < -0.39 is 0 Å². The Balaban J connectivity index is 1.51. The lowest BCUT2D eigenvalue weighted by Crippen LogP contribution is -2.40. The highest BCUT2D eigenvalue weighted by atomic mass is 16.2. The standard InChI is InChI=1S/C13H24N2O/c16-13(12-8-4-9-14-12)15-10-3-7-11-5-1-2-6-11/h11-12,14H,1-10H2,(H,15,16). The third kappa shape index (κ3) is 3.48. The van der Waals surface area contributed by atoms with E-state index in [2.05, 4.69) is 10.6 Å². The Kier molecular flexibility index (Phi) is 4.64. The molecule has 1 aliphatic heterocycles.